The van der Waals surface area contributed by atoms with Crippen molar-refractivity contribution < 1.29 is 37.1 Å². The molecule has 0 saturated heterocycles. The number of hydrogen-bond acceptors (Lipinski definition) is 8. The number of nitrogens with two attached hydrogens (primary N) is 1. The van der Waals surface area contributed by atoms with E-state index in [0.29, 0.717) is 6.42 Å². The number of ether oxygens (including phenoxy) is 2. The molecule has 0 saturated carbocycles. The highest BCUT2D eigenvalue weighted by molar-refractivity contribution is 7.89. The summed E-state index contributed by atoms with van der Waals surface area (Å²) in [4.78, 5) is 41.9. The lowest BCUT2D eigenvalue weighted by atomic mass is 10.0. The average molecular weight is 586 g/mol. The molecule has 0 heterocycles. The van der Waals surface area contributed by atoms with Crippen LogP contribution in [0.4, 0.5) is 0 Å². The second-order valence-electron chi connectivity index (χ2n) is 10.2. The minimum atomic E-state index is -4.48. The van der Waals surface area contributed by atoms with E-state index in [-0.39, 0.29) is 22.8 Å². The van der Waals surface area contributed by atoms with Crippen molar-refractivity contribution in [1.29, 1.82) is 0 Å². The number of likely N-dealkylation sites (N-methyl/N-ethyl adjacent to an activating group) is 1. The van der Waals surface area contributed by atoms with E-state index in [1.165, 1.54) is 26.3 Å². The molecule has 41 heavy (non-hydrogen) atoms. The first kappa shape index (κ1) is 31.5. The highest BCUT2D eigenvalue weighted by atomic mass is 32.2. The first-order valence-electron chi connectivity index (χ1n) is 12.8. The van der Waals surface area contributed by atoms with Gasteiger partial charge in [0.25, 0.3) is 5.91 Å². The normalized spacial score (nSPS) is 12.5. The van der Waals surface area contributed by atoms with Crippen molar-refractivity contribution in [3.8, 4) is 5.75 Å². The van der Waals surface area contributed by atoms with E-state index in [4.69, 9.17) is 20.0 Å². The lowest BCUT2D eigenvalue weighted by Crippen LogP contribution is -2.48. The largest absolute Gasteiger partial charge is 0.492 e. The Balaban J connectivity index is 1.90. The molecule has 0 aromatic heterocycles. The smallest absolute Gasteiger partial charge is 0.308 e. The van der Waals surface area contributed by atoms with Crippen LogP contribution in [0.25, 0.3) is 10.8 Å². The third-order valence-electron chi connectivity index (χ3n) is 6.00. The molecule has 0 spiro atoms. The Morgan fingerprint density at radius 1 is 1.02 bits per heavy atom. The number of amides is 2. The zero-order valence-electron chi connectivity index (χ0n) is 23.7. The molecule has 0 fully saturated rings. The minimum Gasteiger partial charge on any atom is -0.492 e. The molecule has 1 atom stereocenters. The molecule has 1 unspecified atom stereocenters. The lowest BCUT2D eigenvalue weighted by Gasteiger charge is -2.25. The van der Waals surface area contributed by atoms with Crippen LogP contribution in [0.1, 0.15) is 43.1 Å². The molecule has 0 bridgehead atoms. The Morgan fingerprint density at radius 2 is 1.71 bits per heavy atom. The molecular formula is C29H35N3O8S. The van der Waals surface area contributed by atoms with Crippen molar-refractivity contribution in [1.82, 2.24) is 9.79 Å². The number of esters is 1. The predicted octanol–water partition coefficient (Wildman–Crippen LogP) is 2.96. The maximum atomic E-state index is 13.6. The van der Waals surface area contributed by atoms with E-state index in [2.05, 4.69) is 4.72 Å². The standard InChI is InChI=1S/C29H35N3O8S/c1-29(2,3)40-26(33)18-23(28(35)32(4)38-5)31-41(36,37)25-14-13-21(27(30)34)17-24(25)39-16-15-20-11-8-10-19-9-6-7-12-22(19)20/h6-14,17,23,31H,15-16,18H2,1-5H3,(H2,30,34). The number of carbonyl (C=O) groups is 3. The van der Waals surface area contributed by atoms with Crippen LogP contribution in [-0.4, -0.2) is 63.7 Å². The number of primary amides is 1. The second kappa shape index (κ2) is 13.1. The molecule has 3 aromatic carbocycles. The number of nitrogens with zero attached hydrogens (tertiary/aromatic N) is 1. The van der Waals surface area contributed by atoms with Crippen LogP contribution in [0.15, 0.2) is 65.6 Å². The van der Waals surface area contributed by atoms with Gasteiger partial charge < -0.3 is 15.2 Å². The van der Waals surface area contributed by atoms with Gasteiger partial charge >= 0.3 is 5.97 Å². The Bertz CT molecular complexity index is 1530. The third-order valence-corrected chi connectivity index (χ3v) is 7.51. The van der Waals surface area contributed by atoms with Gasteiger partial charge in [-0.25, -0.2) is 13.5 Å². The molecule has 3 aromatic rings. The number of sulfonamides is 1. The maximum Gasteiger partial charge on any atom is 0.308 e. The van der Waals surface area contributed by atoms with Gasteiger partial charge in [-0.1, -0.05) is 42.5 Å². The highest BCUT2D eigenvalue weighted by Gasteiger charge is 2.33. The van der Waals surface area contributed by atoms with Gasteiger partial charge in [-0.05, 0) is 55.3 Å². The number of hydrogen-bond donors (Lipinski definition) is 2. The van der Waals surface area contributed by atoms with E-state index in [9.17, 15) is 22.8 Å². The number of rotatable bonds is 12. The van der Waals surface area contributed by atoms with E-state index in [1.54, 1.807) is 20.8 Å². The molecule has 0 radical (unpaired) electrons. The van der Waals surface area contributed by atoms with Crippen molar-refractivity contribution in [2.24, 2.45) is 5.73 Å². The number of carbonyl (C=O) groups excluding carboxylic acids is 3. The first-order chi connectivity index (χ1) is 19.2. The van der Waals surface area contributed by atoms with Gasteiger partial charge in [0.1, 0.15) is 22.3 Å². The Labute approximate surface area is 239 Å². The van der Waals surface area contributed by atoms with Crippen molar-refractivity contribution in [2.45, 2.75) is 50.2 Å². The van der Waals surface area contributed by atoms with Gasteiger partial charge in [0, 0.05) is 19.0 Å². The Morgan fingerprint density at radius 3 is 2.37 bits per heavy atom. The van der Waals surface area contributed by atoms with Crippen LogP contribution >= 0.6 is 0 Å². The Hall–Kier alpha value is -4.00. The van der Waals surface area contributed by atoms with E-state index < -0.39 is 45.9 Å². The molecule has 3 N–H and O–H groups in total. The summed E-state index contributed by atoms with van der Waals surface area (Å²) in [6.07, 6.45) is -0.160. The van der Waals surface area contributed by atoms with Crippen molar-refractivity contribution >= 4 is 38.6 Å². The summed E-state index contributed by atoms with van der Waals surface area (Å²) in [5.74, 6) is -2.54. The van der Waals surface area contributed by atoms with Gasteiger partial charge in [-0.15, -0.1) is 0 Å². The van der Waals surface area contributed by atoms with Gasteiger partial charge in [-0.3, -0.25) is 19.2 Å². The summed E-state index contributed by atoms with van der Waals surface area (Å²) >= 11 is 0. The summed E-state index contributed by atoms with van der Waals surface area (Å²) in [5.41, 5.74) is 5.59. The van der Waals surface area contributed by atoms with Crippen LogP contribution in [0.2, 0.25) is 0 Å². The number of hydroxylamine groups is 2. The quantitative estimate of drug-likeness (QED) is 0.243. The molecule has 220 valence electrons. The van der Waals surface area contributed by atoms with E-state index in [1.807, 2.05) is 42.5 Å². The summed E-state index contributed by atoms with van der Waals surface area (Å²) in [5, 5.41) is 2.88. The topological polar surface area (TPSA) is 154 Å². The summed E-state index contributed by atoms with van der Waals surface area (Å²) in [6.45, 7) is 5.02. The predicted molar refractivity (Wildman–Crippen MR) is 152 cm³/mol. The molecule has 11 nitrogen and oxygen atoms in total. The highest BCUT2D eigenvalue weighted by Crippen LogP contribution is 2.27. The van der Waals surface area contributed by atoms with Gasteiger partial charge in [0.2, 0.25) is 15.9 Å². The third kappa shape index (κ3) is 8.49. The molecule has 2 amide bonds. The minimum absolute atomic E-state index is 0.0320. The second-order valence-corrected chi connectivity index (χ2v) is 11.9. The van der Waals surface area contributed by atoms with Crippen LogP contribution in [0.3, 0.4) is 0 Å². The summed E-state index contributed by atoms with van der Waals surface area (Å²) < 4.78 is 40.6. The van der Waals surface area contributed by atoms with Crippen molar-refractivity contribution in [3.63, 3.8) is 0 Å². The van der Waals surface area contributed by atoms with Crippen LogP contribution in [0.5, 0.6) is 5.75 Å². The molecule has 0 aliphatic rings. The van der Waals surface area contributed by atoms with Crippen LogP contribution in [0, 0.1) is 0 Å². The average Bonchev–Trinajstić information content (AvgIpc) is 2.90. The Kier molecular flexibility index (Phi) is 10.1. The fourth-order valence-electron chi connectivity index (χ4n) is 4.07. The number of benzene rings is 3. The fraction of sp³-hybridized carbons (Fsp3) is 0.345. The zero-order valence-corrected chi connectivity index (χ0v) is 24.5. The van der Waals surface area contributed by atoms with E-state index in [0.717, 1.165) is 27.5 Å². The lowest BCUT2D eigenvalue weighted by molar-refractivity contribution is -0.173. The van der Waals surface area contributed by atoms with Crippen LogP contribution in [-0.2, 0) is 35.6 Å². The molecule has 0 aliphatic carbocycles. The zero-order chi connectivity index (χ0) is 30.4. The molecule has 3 rings (SSSR count). The summed E-state index contributed by atoms with van der Waals surface area (Å²) in [6, 6.07) is 15.8. The fourth-order valence-corrected chi connectivity index (χ4v) is 5.38. The summed E-state index contributed by atoms with van der Waals surface area (Å²) in [7, 11) is -1.97. The van der Waals surface area contributed by atoms with E-state index >= 15 is 0 Å². The molecule has 0 aliphatic heterocycles. The van der Waals surface area contributed by atoms with Crippen molar-refractivity contribution in [3.05, 3.63) is 71.8 Å². The number of nitrogens with one attached hydrogen (secondary N) is 1. The van der Waals surface area contributed by atoms with Gasteiger partial charge in [0.05, 0.1) is 20.1 Å². The first-order valence-corrected chi connectivity index (χ1v) is 14.3. The van der Waals surface area contributed by atoms with Crippen LogP contribution < -0.4 is 15.2 Å². The number of fused-ring (bicyclic) bond motifs is 1. The van der Waals surface area contributed by atoms with Gasteiger partial charge in [0.15, 0.2) is 0 Å². The monoisotopic (exact) mass is 585 g/mol. The molecule has 12 heteroatoms. The SMILES string of the molecule is CON(C)C(=O)C(CC(=O)OC(C)(C)C)NS(=O)(=O)c1ccc(C(N)=O)cc1OCCc1cccc2ccccc12. The van der Waals surface area contributed by atoms with Gasteiger partial charge in [-0.2, -0.15) is 4.72 Å². The maximum absolute atomic E-state index is 13.6. The molecular weight excluding hydrogens is 550 g/mol. The van der Waals surface area contributed by atoms with Crippen molar-refractivity contribution in [2.75, 3.05) is 20.8 Å².